The average Bonchev–Trinajstić information content (AvgIpc) is 2.03. The molecule has 0 aliphatic carbocycles. The van der Waals surface area contributed by atoms with E-state index in [0.29, 0.717) is 0 Å². The molecule has 0 aromatic heterocycles. The van der Waals surface area contributed by atoms with Gasteiger partial charge in [-0.2, -0.15) is 19.0 Å². The minimum absolute atomic E-state index is 0. The Hall–Kier alpha value is 1.20. The Bertz CT molecular complexity index is 96.2. The van der Waals surface area contributed by atoms with Crippen LogP contribution in [0.25, 0.3) is 0 Å². The van der Waals surface area contributed by atoms with Gasteiger partial charge in [0.2, 0.25) is 0 Å². The van der Waals surface area contributed by atoms with E-state index in [1.165, 1.54) is 25.7 Å². The number of hydrogen-bond donors (Lipinski definition) is 2. The van der Waals surface area contributed by atoms with Gasteiger partial charge in [-0.3, -0.25) is 0 Å². The van der Waals surface area contributed by atoms with E-state index in [-0.39, 0.29) is 42.1 Å². The summed E-state index contributed by atoms with van der Waals surface area (Å²) in [5.74, 6) is 0.986. The molecule has 0 atom stereocenters. The molecular formula is C8H16NOSW2-. The normalized spacial score (nSPS) is 8.08. The largest absolute Gasteiger partial charge is 0.530 e. The van der Waals surface area contributed by atoms with E-state index < -0.39 is 0 Å². The van der Waals surface area contributed by atoms with E-state index in [0.717, 1.165) is 18.7 Å². The maximum absolute atomic E-state index is 9.69. The Morgan fingerprint density at radius 1 is 1.00 bits per heavy atom. The van der Waals surface area contributed by atoms with E-state index in [4.69, 9.17) is 0 Å². The van der Waals surface area contributed by atoms with Crippen molar-refractivity contribution in [3.63, 3.8) is 0 Å². The summed E-state index contributed by atoms with van der Waals surface area (Å²) in [4.78, 5) is 9.69. The van der Waals surface area contributed by atoms with Crippen molar-refractivity contribution in [3.8, 4) is 0 Å². The second kappa shape index (κ2) is 18.9. The topological polar surface area (TPSA) is 29.1 Å². The molecule has 0 aliphatic heterocycles. The van der Waals surface area contributed by atoms with Gasteiger partial charge in [-0.1, -0.05) is 19.3 Å². The zero-order valence-electron chi connectivity index (χ0n) is 7.62. The van der Waals surface area contributed by atoms with Crippen molar-refractivity contribution in [2.24, 2.45) is 0 Å². The molecule has 0 aliphatic rings. The van der Waals surface area contributed by atoms with E-state index in [1.807, 2.05) is 0 Å². The third-order valence-corrected chi connectivity index (χ3v) is 1.85. The van der Waals surface area contributed by atoms with Crippen LogP contribution in [0.1, 0.15) is 32.1 Å². The van der Waals surface area contributed by atoms with Crippen LogP contribution in [0.3, 0.4) is 0 Å². The van der Waals surface area contributed by atoms with Crippen LogP contribution in [0.5, 0.6) is 0 Å². The van der Waals surface area contributed by atoms with Crippen molar-refractivity contribution in [3.05, 3.63) is 0 Å². The smallest absolute Gasteiger partial charge is 0 e. The molecule has 0 spiro atoms. The number of amides is 1. The number of rotatable bonds is 8. The van der Waals surface area contributed by atoms with Crippen LogP contribution in [-0.2, 0) is 46.9 Å². The quantitative estimate of drug-likeness (QED) is 0.208. The minimum atomic E-state index is 0. The van der Waals surface area contributed by atoms with Gasteiger partial charge in [0.15, 0.2) is 0 Å². The Labute approximate surface area is 115 Å². The molecule has 5 heteroatoms. The van der Waals surface area contributed by atoms with Gasteiger partial charge in [0.25, 0.3) is 0 Å². The molecule has 0 aromatic carbocycles. The number of hydrogen-bond acceptors (Lipinski definition) is 2. The molecular weight excluding hydrogens is 526 g/mol. The predicted molar refractivity (Wildman–Crippen MR) is 50.6 cm³/mol. The summed E-state index contributed by atoms with van der Waals surface area (Å²) in [6.07, 6.45) is 7.64. The first-order valence-electron chi connectivity index (χ1n) is 4.12. The first-order chi connectivity index (χ1) is 5.41. The van der Waals surface area contributed by atoms with E-state index in [2.05, 4.69) is 17.9 Å². The number of unbranched alkanes of at least 4 members (excludes halogenated alkanes) is 4. The van der Waals surface area contributed by atoms with Crippen molar-refractivity contribution in [2.45, 2.75) is 32.1 Å². The van der Waals surface area contributed by atoms with Crippen LogP contribution in [0.4, 0.5) is 0 Å². The summed E-state index contributed by atoms with van der Waals surface area (Å²) in [6.45, 7) is 0.768. The van der Waals surface area contributed by atoms with Gasteiger partial charge in [0, 0.05) is 42.1 Å². The second-order valence-electron chi connectivity index (χ2n) is 2.52. The van der Waals surface area contributed by atoms with E-state index in [1.54, 1.807) is 6.41 Å². The van der Waals surface area contributed by atoms with Crippen molar-refractivity contribution in [2.75, 3.05) is 12.3 Å². The van der Waals surface area contributed by atoms with Crippen molar-refractivity contribution < 1.29 is 46.9 Å². The molecule has 0 radical (unpaired) electrons. The Balaban J connectivity index is -0.000000500. The molecule has 0 saturated heterocycles. The fraction of sp³-hybridized carbons (Fsp3) is 0.875. The van der Waals surface area contributed by atoms with E-state index >= 15 is 0 Å². The van der Waals surface area contributed by atoms with Gasteiger partial charge >= 0.3 is 0 Å². The van der Waals surface area contributed by atoms with Gasteiger partial charge < -0.3 is 10.1 Å². The van der Waals surface area contributed by atoms with Crippen molar-refractivity contribution in [1.29, 1.82) is 0 Å². The molecule has 2 nitrogen and oxygen atoms in total. The molecule has 13 heavy (non-hydrogen) atoms. The van der Waals surface area contributed by atoms with Gasteiger partial charge in [-0.15, -0.1) is 0 Å². The van der Waals surface area contributed by atoms with Crippen LogP contribution < -0.4 is 5.32 Å². The summed E-state index contributed by atoms with van der Waals surface area (Å²) in [5, 5.41) is 2.52. The summed E-state index contributed by atoms with van der Waals surface area (Å²) >= 11 is 4.12. The van der Waals surface area contributed by atoms with Crippen LogP contribution in [0.15, 0.2) is 0 Å². The standard InChI is InChI=1S/C8H16NOS.2W/c10-8-9-6-4-2-1-3-5-7-11;;/h11H,1-7H2,(H,9,10);;/q-1;;. The van der Waals surface area contributed by atoms with Crippen LogP contribution in [0.2, 0.25) is 0 Å². The zero-order valence-corrected chi connectivity index (χ0v) is 14.4. The molecule has 0 fully saturated rings. The van der Waals surface area contributed by atoms with Crippen molar-refractivity contribution in [1.82, 2.24) is 5.32 Å². The maximum atomic E-state index is 9.69. The van der Waals surface area contributed by atoms with Crippen LogP contribution in [-0.4, -0.2) is 18.7 Å². The summed E-state index contributed by atoms with van der Waals surface area (Å²) in [6, 6.07) is 0. The van der Waals surface area contributed by atoms with Crippen LogP contribution >= 0.6 is 12.6 Å². The molecule has 1 N–H and O–H groups in total. The summed E-state index contributed by atoms with van der Waals surface area (Å²) < 4.78 is 0. The predicted octanol–water partition coefficient (Wildman–Crippen LogP) is 1.52. The van der Waals surface area contributed by atoms with Crippen molar-refractivity contribution >= 4 is 19.0 Å². The summed E-state index contributed by atoms with van der Waals surface area (Å²) in [7, 11) is 0. The molecule has 1 amide bonds. The first kappa shape index (κ1) is 19.7. The second-order valence-corrected chi connectivity index (χ2v) is 2.97. The monoisotopic (exact) mass is 542 g/mol. The Morgan fingerprint density at radius 2 is 1.54 bits per heavy atom. The molecule has 0 bridgehead atoms. The fourth-order valence-electron chi connectivity index (χ4n) is 0.907. The molecule has 78 valence electrons. The summed E-state index contributed by atoms with van der Waals surface area (Å²) in [5.41, 5.74) is 0. The minimum Gasteiger partial charge on any atom is -0.530 e. The SMILES string of the molecule is O=[C-]NCCCCCCCS.[W].[W]. The maximum Gasteiger partial charge on any atom is 0 e. The number of nitrogens with one attached hydrogen (secondary N) is 1. The Kier molecular flexibility index (Phi) is 28.6. The van der Waals surface area contributed by atoms with Gasteiger partial charge in [-0.05, 0) is 25.1 Å². The van der Waals surface area contributed by atoms with Gasteiger partial charge in [0.1, 0.15) is 0 Å². The zero-order chi connectivity index (χ0) is 8.36. The number of thiol groups is 1. The molecule has 0 unspecified atom stereocenters. The third kappa shape index (κ3) is 19.6. The van der Waals surface area contributed by atoms with Gasteiger partial charge in [-0.25, -0.2) is 0 Å². The molecule has 0 rings (SSSR count). The Morgan fingerprint density at radius 3 is 2.08 bits per heavy atom. The molecule has 0 aromatic rings. The van der Waals surface area contributed by atoms with Crippen LogP contribution in [0, 0.1) is 0 Å². The van der Waals surface area contributed by atoms with E-state index in [9.17, 15) is 4.79 Å². The fourth-order valence-corrected chi connectivity index (χ4v) is 1.13. The first-order valence-corrected chi connectivity index (χ1v) is 4.76. The third-order valence-electron chi connectivity index (χ3n) is 1.53. The molecule has 0 saturated carbocycles. The number of carbonyl (C=O) groups excluding carboxylic acids is 1. The average molecular weight is 542 g/mol. The van der Waals surface area contributed by atoms with Gasteiger partial charge in [0.05, 0.1) is 0 Å². The molecule has 0 heterocycles.